The number of hydrogen-bond donors (Lipinski definition) is 0. The normalized spacial score (nSPS) is 20.3. The van der Waals surface area contributed by atoms with Gasteiger partial charge in [-0.15, -0.1) is 0 Å². The second-order valence-corrected chi connectivity index (χ2v) is 6.28. The highest BCUT2D eigenvalue weighted by atomic mass is 19.1. The van der Waals surface area contributed by atoms with Crippen LogP contribution in [0.15, 0.2) is 48.5 Å². The average Bonchev–Trinajstić information content (AvgIpc) is 2.53. The minimum atomic E-state index is -0.822. The maximum absolute atomic E-state index is 13.7. The van der Waals surface area contributed by atoms with Crippen molar-refractivity contribution in [3.63, 3.8) is 0 Å². The molecule has 0 aliphatic carbocycles. The second kappa shape index (κ2) is 6.13. The third-order valence-electron chi connectivity index (χ3n) is 4.31. The highest BCUT2D eigenvalue weighted by Crippen LogP contribution is 2.39. The van der Waals surface area contributed by atoms with Crippen molar-refractivity contribution in [2.45, 2.75) is 18.4 Å². The van der Waals surface area contributed by atoms with E-state index in [0.717, 1.165) is 12.1 Å². The number of nitrogens with zero attached hydrogens (tertiary/aromatic N) is 1. The van der Waals surface area contributed by atoms with Crippen LogP contribution in [0.2, 0.25) is 0 Å². The molecular weight excluding hydrogens is 293 g/mol. The molecule has 1 heterocycles. The molecule has 0 saturated carbocycles. The number of rotatable bonds is 4. The lowest BCUT2D eigenvalue weighted by Gasteiger charge is -2.38. The highest BCUT2D eigenvalue weighted by Gasteiger charge is 2.41. The van der Waals surface area contributed by atoms with Crippen LogP contribution in [0, 0.1) is 5.82 Å². The molecule has 0 spiro atoms. The van der Waals surface area contributed by atoms with E-state index in [4.69, 9.17) is 4.74 Å². The highest BCUT2D eigenvalue weighted by molar-refractivity contribution is 5.92. The van der Waals surface area contributed by atoms with Crippen molar-refractivity contribution in [1.82, 2.24) is 4.90 Å². The molecule has 0 aromatic heterocycles. The Bertz CT molecular complexity index is 729. The fraction of sp³-hybridized carbons (Fsp3) is 0.316. The van der Waals surface area contributed by atoms with Crippen LogP contribution in [-0.2, 0) is 16.8 Å². The number of fused-ring (bicyclic) bond motifs is 1. The SMILES string of the molecule is CN(C)CCC1(c2cccc(F)c2)Cc2ccccc2C(=O)O1. The summed E-state index contributed by atoms with van der Waals surface area (Å²) in [6.07, 6.45) is 1.18. The fourth-order valence-electron chi connectivity index (χ4n) is 3.07. The third-order valence-corrected chi connectivity index (χ3v) is 4.31. The van der Waals surface area contributed by atoms with Gasteiger partial charge in [0, 0.05) is 19.4 Å². The second-order valence-electron chi connectivity index (χ2n) is 6.28. The molecule has 1 unspecified atom stereocenters. The van der Waals surface area contributed by atoms with E-state index in [1.807, 2.05) is 43.3 Å². The van der Waals surface area contributed by atoms with Gasteiger partial charge in [0.2, 0.25) is 0 Å². The number of carbonyl (C=O) groups is 1. The molecule has 120 valence electrons. The molecule has 0 radical (unpaired) electrons. The summed E-state index contributed by atoms with van der Waals surface area (Å²) in [5.74, 6) is -0.656. The minimum Gasteiger partial charge on any atom is -0.450 e. The molecule has 0 bridgehead atoms. The zero-order valence-corrected chi connectivity index (χ0v) is 13.4. The Morgan fingerprint density at radius 1 is 1.17 bits per heavy atom. The van der Waals surface area contributed by atoms with Crippen LogP contribution in [-0.4, -0.2) is 31.5 Å². The minimum absolute atomic E-state index is 0.318. The Balaban J connectivity index is 2.05. The summed E-state index contributed by atoms with van der Waals surface area (Å²) in [7, 11) is 3.94. The van der Waals surface area contributed by atoms with Crippen LogP contribution in [0.4, 0.5) is 4.39 Å². The molecule has 1 atom stereocenters. The largest absolute Gasteiger partial charge is 0.450 e. The molecule has 1 aliphatic rings. The maximum Gasteiger partial charge on any atom is 0.339 e. The van der Waals surface area contributed by atoms with Crippen LogP contribution in [0.5, 0.6) is 0 Å². The Morgan fingerprint density at radius 2 is 1.96 bits per heavy atom. The standard InChI is InChI=1S/C19H20FNO2/c1-21(2)11-10-19(15-7-5-8-16(20)12-15)13-14-6-3-4-9-17(14)18(22)23-19/h3-9,12H,10-11,13H2,1-2H3. The molecule has 0 saturated heterocycles. The third kappa shape index (κ3) is 3.13. The smallest absolute Gasteiger partial charge is 0.339 e. The topological polar surface area (TPSA) is 29.5 Å². The molecule has 0 fully saturated rings. The monoisotopic (exact) mass is 313 g/mol. The molecule has 0 N–H and O–H groups in total. The Labute approximate surface area is 135 Å². The van der Waals surface area contributed by atoms with Gasteiger partial charge in [-0.3, -0.25) is 0 Å². The van der Waals surface area contributed by atoms with E-state index in [2.05, 4.69) is 0 Å². The Morgan fingerprint density at radius 3 is 2.70 bits per heavy atom. The van der Waals surface area contributed by atoms with Gasteiger partial charge >= 0.3 is 5.97 Å². The number of cyclic esters (lactones) is 1. The number of carbonyl (C=O) groups excluding carboxylic acids is 1. The van der Waals surface area contributed by atoms with Gasteiger partial charge in [0.05, 0.1) is 5.56 Å². The zero-order chi connectivity index (χ0) is 16.4. The quantitative estimate of drug-likeness (QED) is 0.810. The number of esters is 1. The van der Waals surface area contributed by atoms with Crippen LogP contribution in [0.25, 0.3) is 0 Å². The van der Waals surface area contributed by atoms with Gasteiger partial charge < -0.3 is 9.64 Å². The van der Waals surface area contributed by atoms with E-state index in [9.17, 15) is 9.18 Å². The van der Waals surface area contributed by atoms with Crippen LogP contribution in [0.3, 0.4) is 0 Å². The molecule has 4 heteroatoms. The summed E-state index contributed by atoms with van der Waals surface area (Å²) in [5.41, 5.74) is 1.44. The fourth-order valence-corrected chi connectivity index (χ4v) is 3.07. The van der Waals surface area contributed by atoms with Gasteiger partial charge in [0.15, 0.2) is 0 Å². The predicted molar refractivity (Wildman–Crippen MR) is 86.8 cm³/mol. The van der Waals surface area contributed by atoms with Gasteiger partial charge in [-0.05, 0) is 43.4 Å². The number of hydrogen-bond acceptors (Lipinski definition) is 3. The lowest BCUT2D eigenvalue weighted by Crippen LogP contribution is -2.41. The van der Waals surface area contributed by atoms with Crippen molar-refractivity contribution in [1.29, 1.82) is 0 Å². The van der Waals surface area contributed by atoms with E-state index < -0.39 is 5.60 Å². The predicted octanol–water partition coefficient (Wildman–Crippen LogP) is 3.39. The first kappa shape index (κ1) is 15.7. The van der Waals surface area contributed by atoms with E-state index in [0.29, 0.717) is 24.0 Å². The Kier molecular flexibility index (Phi) is 4.18. The molecule has 3 rings (SSSR count). The van der Waals surface area contributed by atoms with E-state index in [1.54, 1.807) is 12.1 Å². The van der Waals surface area contributed by atoms with Crippen molar-refractivity contribution >= 4 is 5.97 Å². The van der Waals surface area contributed by atoms with E-state index >= 15 is 0 Å². The molecular formula is C19H20FNO2. The van der Waals surface area contributed by atoms with Gasteiger partial charge in [0.1, 0.15) is 11.4 Å². The van der Waals surface area contributed by atoms with Crippen molar-refractivity contribution in [2.24, 2.45) is 0 Å². The molecule has 0 amide bonds. The van der Waals surface area contributed by atoms with Crippen molar-refractivity contribution in [3.05, 3.63) is 71.0 Å². The lowest BCUT2D eigenvalue weighted by molar-refractivity contribution is -0.0356. The van der Waals surface area contributed by atoms with Crippen LogP contribution in [0.1, 0.15) is 27.9 Å². The van der Waals surface area contributed by atoms with Crippen LogP contribution >= 0.6 is 0 Å². The summed E-state index contributed by atoms with van der Waals surface area (Å²) >= 11 is 0. The van der Waals surface area contributed by atoms with E-state index in [1.165, 1.54) is 12.1 Å². The average molecular weight is 313 g/mol. The van der Waals surface area contributed by atoms with Gasteiger partial charge in [0.25, 0.3) is 0 Å². The first-order valence-electron chi connectivity index (χ1n) is 7.72. The van der Waals surface area contributed by atoms with Crippen LogP contribution < -0.4 is 0 Å². The summed E-state index contributed by atoms with van der Waals surface area (Å²) in [4.78, 5) is 14.5. The number of halogens is 1. The summed E-state index contributed by atoms with van der Waals surface area (Å²) in [5, 5.41) is 0. The molecule has 23 heavy (non-hydrogen) atoms. The molecule has 2 aromatic carbocycles. The zero-order valence-electron chi connectivity index (χ0n) is 13.4. The number of benzene rings is 2. The van der Waals surface area contributed by atoms with Gasteiger partial charge in [-0.2, -0.15) is 0 Å². The maximum atomic E-state index is 13.7. The van der Waals surface area contributed by atoms with Gasteiger partial charge in [-0.25, -0.2) is 9.18 Å². The number of ether oxygens (including phenoxy) is 1. The Hall–Kier alpha value is -2.20. The van der Waals surface area contributed by atoms with Gasteiger partial charge in [-0.1, -0.05) is 30.3 Å². The van der Waals surface area contributed by atoms with Crippen molar-refractivity contribution in [3.8, 4) is 0 Å². The van der Waals surface area contributed by atoms with E-state index in [-0.39, 0.29) is 11.8 Å². The summed E-state index contributed by atoms with van der Waals surface area (Å²) < 4.78 is 19.6. The first-order valence-corrected chi connectivity index (χ1v) is 7.72. The first-order chi connectivity index (χ1) is 11.0. The summed E-state index contributed by atoms with van der Waals surface area (Å²) in [6, 6.07) is 13.8. The molecule has 3 nitrogen and oxygen atoms in total. The lowest BCUT2D eigenvalue weighted by atomic mass is 9.80. The molecule has 1 aliphatic heterocycles. The van der Waals surface area contributed by atoms with Crippen molar-refractivity contribution < 1.29 is 13.9 Å². The summed E-state index contributed by atoms with van der Waals surface area (Å²) in [6.45, 7) is 0.742. The molecule has 2 aromatic rings. The van der Waals surface area contributed by atoms with Crippen molar-refractivity contribution in [2.75, 3.05) is 20.6 Å².